The number of hydrogen-bond acceptors (Lipinski definition) is 6. The predicted octanol–water partition coefficient (Wildman–Crippen LogP) is 1.80. The maximum atomic E-state index is 13.5. The minimum atomic E-state index is -0.970. The van der Waals surface area contributed by atoms with E-state index in [1.54, 1.807) is 19.1 Å². The van der Waals surface area contributed by atoms with Gasteiger partial charge in [-0.15, -0.1) is 0 Å². The molecule has 1 saturated heterocycles. The zero-order valence-corrected chi connectivity index (χ0v) is 24.2. The third-order valence-electron chi connectivity index (χ3n) is 7.52. The molecule has 6 N–H and O–H groups in total. The number of likely N-dealkylation sites (tertiary alicyclic amines) is 1. The molecule has 0 aromatic heterocycles. The summed E-state index contributed by atoms with van der Waals surface area (Å²) in [5.74, 6) is -1.52. The van der Waals surface area contributed by atoms with E-state index in [9.17, 15) is 24.3 Å². The number of nitrogens with one attached hydrogen (secondary N) is 3. The van der Waals surface area contributed by atoms with Crippen LogP contribution >= 0.6 is 0 Å². The molecule has 3 aromatic carbocycles. The second-order valence-electron chi connectivity index (χ2n) is 10.9. The van der Waals surface area contributed by atoms with E-state index in [2.05, 4.69) is 16.0 Å². The van der Waals surface area contributed by atoms with E-state index in [1.807, 2.05) is 60.7 Å². The topological polar surface area (TPSA) is 154 Å². The first-order chi connectivity index (χ1) is 20.7. The third kappa shape index (κ3) is 8.89. The van der Waals surface area contributed by atoms with Crippen molar-refractivity contribution in [1.29, 1.82) is 0 Å². The zero-order chi connectivity index (χ0) is 30.8. The molecule has 10 nitrogen and oxygen atoms in total. The molecule has 0 aliphatic carbocycles. The van der Waals surface area contributed by atoms with Crippen molar-refractivity contribution in [3.05, 3.63) is 102 Å². The number of aromatic hydroxyl groups is 1. The first kappa shape index (κ1) is 31.2. The molecule has 10 heteroatoms. The van der Waals surface area contributed by atoms with Gasteiger partial charge in [0.25, 0.3) is 0 Å². The lowest BCUT2D eigenvalue weighted by atomic mass is 10.0. The second kappa shape index (κ2) is 15.0. The van der Waals surface area contributed by atoms with E-state index in [1.165, 1.54) is 17.0 Å². The molecule has 1 aliphatic heterocycles. The average Bonchev–Trinajstić information content (AvgIpc) is 3.51. The molecule has 1 aliphatic rings. The van der Waals surface area contributed by atoms with Gasteiger partial charge in [0.15, 0.2) is 0 Å². The number of nitrogens with zero attached hydrogens (tertiary/aromatic N) is 1. The van der Waals surface area contributed by atoms with E-state index in [4.69, 9.17) is 5.73 Å². The van der Waals surface area contributed by atoms with Crippen LogP contribution in [0.25, 0.3) is 0 Å². The molecule has 0 bridgehead atoms. The van der Waals surface area contributed by atoms with E-state index >= 15 is 0 Å². The van der Waals surface area contributed by atoms with Gasteiger partial charge in [0.05, 0.1) is 6.04 Å². The molecule has 4 rings (SSSR count). The van der Waals surface area contributed by atoms with Crippen molar-refractivity contribution in [3.8, 4) is 5.75 Å². The number of hydrogen-bond donors (Lipinski definition) is 5. The van der Waals surface area contributed by atoms with Gasteiger partial charge in [-0.3, -0.25) is 19.2 Å². The Balaban J connectivity index is 1.40. The summed E-state index contributed by atoms with van der Waals surface area (Å²) in [6.45, 7) is 2.30. The van der Waals surface area contributed by atoms with E-state index in [0.717, 1.165) is 16.7 Å². The van der Waals surface area contributed by atoms with Crippen LogP contribution in [0.3, 0.4) is 0 Å². The molecular weight excluding hydrogens is 546 g/mol. The van der Waals surface area contributed by atoms with Crippen LogP contribution in [0, 0.1) is 0 Å². The highest BCUT2D eigenvalue weighted by atomic mass is 16.3. The van der Waals surface area contributed by atoms with Gasteiger partial charge in [0, 0.05) is 19.5 Å². The summed E-state index contributed by atoms with van der Waals surface area (Å²) < 4.78 is 0. The molecule has 4 atom stereocenters. The van der Waals surface area contributed by atoms with Crippen molar-refractivity contribution in [2.24, 2.45) is 5.73 Å². The zero-order valence-electron chi connectivity index (χ0n) is 24.2. The monoisotopic (exact) mass is 585 g/mol. The van der Waals surface area contributed by atoms with E-state index in [-0.39, 0.29) is 30.4 Å². The molecule has 3 aromatic rings. The van der Waals surface area contributed by atoms with Gasteiger partial charge < -0.3 is 31.7 Å². The SMILES string of the molecule is C[C@@H](NC(=O)[C@H](Cc1ccccc1)NC(=O)[C@@H]1CCCN1C(=O)[C@@H](N)Cc1ccc(O)cc1)C(=O)NCc1ccccc1. The normalized spacial score (nSPS) is 16.5. The van der Waals surface area contributed by atoms with Crippen LogP contribution in [0.2, 0.25) is 0 Å². The fourth-order valence-corrected chi connectivity index (χ4v) is 5.13. The standard InChI is InChI=1S/C33H39N5O5/c1-22(30(40)35-21-25-11-6-3-7-12-25)36-31(41)28(20-23-9-4-2-5-10-23)37-32(42)29-13-8-18-38(29)33(43)27(34)19-24-14-16-26(39)17-15-24/h2-7,9-12,14-17,22,27-29,39H,8,13,18-21,34H2,1H3,(H,35,40)(H,36,41)(H,37,42)/t22-,27+,28+,29+/m1/s1. The third-order valence-corrected chi connectivity index (χ3v) is 7.52. The lowest BCUT2D eigenvalue weighted by Crippen LogP contribution is -2.57. The van der Waals surface area contributed by atoms with Crippen LogP contribution in [-0.4, -0.2) is 64.3 Å². The smallest absolute Gasteiger partial charge is 0.243 e. The number of nitrogens with two attached hydrogens (primary N) is 1. The maximum absolute atomic E-state index is 13.5. The Bertz CT molecular complexity index is 1380. The summed E-state index contributed by atoms with van der Waals surface area (Å²) in [6, 6.07) is 21.7. The van der Waals surface area contributed by atoms with Crippen molar-refractivity contribution in [2.45, 2.75) is 63.3 Å². The minimum absolute atomic E-state index is 0.122. The molecule has 1 fully saturated rings. The lowest BCUT2D eigenvalue weighted by molar-refractivity contribution is -0.140. The van der Waals surface area contributed by atoms with Gasteiger partial charge in [0.2, 0.25) is 23.6 Å². The van der Waals surface area contributed by atoms with Crippen molar-refractivity contribution in [3.63, 3.8) is 0 Å². The van der Waals surface area contributed by atoms with Gasteiger partial charge in [-0.2, -0.15) is 0 Å². The molecule has 226 valence electrons. The Morgan fingerprint density at radius 1 is 0.837 bits per heavy atom. The highest BCUT2D eigenvalue weighted by molar-refractivity contribution is 5.95. The number of rotatable bonds is 12. The number of carbonyl (C=O) groups is 4. The van der Waals surface area contributed by atoms with Crippen LogP contribution in [0.15, 0.2) is 84.9 Å². The van der Waals surface area contributed by atoms with Gasteiger partial charge in [-0.05, 0) is 55.0 Å². The number of carbonyl (C=O) groups excluding carboxylic acids is 4. The Hall–Kier alpha value is -4.70. The Morgan fingerprint density at radius 3 is 2.09 bits per heavy atom. The summed E-state index contributed by atoms with van der Waals surface area (Å²) in [5, 5.41) is 17.9. The number of phenols is 1. The maximum Gasteiger partial charge on any atom is 0.243 e. The number of amides is 4. The number of phenolic OH excluding ortho intramolecular Hbond substituents is 1. The largest absolute Gasteiger partial charge is 0.508 e. The molecule has 43 heavy (non-hydrogen) atoms. The van der Waals surface area contributed by atoms with Crippen LogP contribution in [0.5, 0.6) is 5.75 Å². The van der Waals surface area contributed by atoms with Gasteiger partial charge in [-0.1, -0.05) is 72.8 Å². The van der Waals surface area contributed by atoms with Crippen LogP contribution in [0.4, 0.5) is 0 Å². The quantitative estimate of drug-likeness (QED) is 0.219. The second-order valence-corrected chi connectivity index (χ2v) is 10.9. The fourth-order valence-electron chi connectivity index (χ4n) is 5.13. The highest BCUT2D eigenvalue weighted by Crippen LogP contribution is 2.20. The molecule has 0 saturated carbocycles. The molecule has 1 heterocycles. The van der Waals surface area contributed by atoms with Crippen molar-refractivity contribution >= 4 is 23.6 Å². The van der Waals surface area contributed by atoms with Crippen molar-refractivity contribution in [2.75, 3.05) is 6.54 Å². The van der Waals surface area contributed by atoms with Gasteiger partial charge >= 0.3 is 0 Å². The summed E-state index contributed by atoms with van der Waals surface area (Å²) in [7, 11) is 0. The van der Waals surface area contributed by atoms with Crippen molar-refractivity contribution in [1.82, 2.24) is 20.9 Å². The van der Waals surface area contributed by atoms with E-state index in [0.29, 0.717) is 25.9 Å². The van der Waals surface area contributed by atoms with Crippen LogP contribution in [-0.2, 0) is 38.6 Å². The van der Waals surface area contributed by atoms with Crippen molar-refractivity contribution < 1.29 is 24.3 Å². The Morgan fingerprint density at radius 2 is 1.44 bits per heavy atom. The lowest BCUT2D eigenvalue weighted by Gasteiger charge is -2.28. The molecule has 0 unspecified atom stereocenters. The predicted molar refractivity (Wildman–Crippen MR) is 162 cm³/mol. The first-order valence-electron chi connectivity index (χ1n) is 14.5. The minimum Gasteiger partial charge on any atom is -0.508 e. The molecular formula is C33H39N5O5. The first-order valence-corrected chi connectivity index (χ1v) is 14.5. The Kier molecular flexibility index (Phi) is 10.9. The Labute approximate surface area is 251 Å². The van der Waals surface area contributed by atoms with E-state index < -0.39 is 36.0 Å². The summed E-state index contributed by atoms with van der Waals surface area (Å²) in [4.78, 5) is 54.4. The summed E-state index contributed by atoms with van der Waals surface area (Å²) in [5.41, 5.74) is 8.80. The van der Waals surface area contributed by atoms with Gasteiger partial charge in [0.1, 0.15) is 23.9 Å². The van der Waals surface area contributed by atoms with Gasteiger partial charge in [-0.25, -0.2) is 0 Å². The number of benzene rings is 3. The fraction of sp³-hybridized carbons (Fsp3) is 0.333. The summed E-state index contributed by atoms with van der Waals surface area (Å²) >= 11 is 0. The molecule has 0 spiro atoms. The van der Waals surface area contributed by atoms with Crippen LogP contribution < -0.4 is 21.7 Å². The highest BCUT2D eigenvalue weighted by Gasteiger charge is 2.38. The van der Waals surface area contributed by atoms with Crippen LogP contribution in [0.1, 0.15) is 36.5 Å². The molecule has 4 amide bonds. The summed E-state index contributed by atoms with van der Waals surface area (Å²) in [6.07, 6.45) is 1.54. The average molecular weight is 586 g/mol. The molecule has 0 radical (unpaired) electrons.